The summed E-state index contributed by atoms with van der Waals surface area (Å²) in [7, 11) is 0. The zero-order valence-corrected chi connectivity index (χ0v) is 16.8. The monoisotopic (exact) mass is 436 g/mol. The molecule has 0 fully saturated rings. The topological polar surface area (TPSA) is 81.6 Å². The third-order valence-electron chi connectivity index (χ3n) is 4.43. The molecular weight excluding hydrogens is 416 g/mol. The molecule has 0 aromatic heterocycles. The standard InChI is InChI=1S/C21H20F4N4O2/c1-5-8-30-18(27-4)11-28-13(2)17(23)10-14-6-7-16(22)15(9-14)20(3)21(24,25)12-31-19(26)29-20/h1,6-7,9-11H,4,8,12H2,2-3H3,(H2,26,29)/b17-10-,18-11+,28-13+/t20-/m1/s1. The number of aliphatic imine (C=N–C) groups is 3. The Bertz CT molecular complexity index is 1020. The Labute approximate surface area is 176 Å². The van der Waals surface area contributed by atoms with Crippen molar-refractivity contribution < 1.29 is 27.0 Å². The largest absolute Gasteiger partial charge is 0.463 e. The molecule has 1 aromatic rings. The van der Waals surface area contributed by atoms with Crippen molar-refractivity contribution in [1.82, 2.24) is 0 Å². The van der Waals surface area contributed by atoms with Gasteiger partial charge in [0.1, 0.15) is 11.6 Å². The zero-order chi connectivity index (χ0) is 23.2. The van der Waals surface area contributed by atoms with Gasteiger partial charge in [0.15, 0.2) is 18.8 Å². The van der Waals surface area contributed by atoms with Crippen LogP contribution in [0.3, 0.4) is 0 Å². The fourth-order valence-electron chi connectivity index (χ4n) is 2.61. The van der Waals surface area contributed by atoms with Crippen LogP contribution in [0.4, 0.5) is 17.6 Å². The van der Waals surface area contributed by atoms with Crippen LogP contribution in [-0.2, 0) is 15.0 Å². The third kappa shape index (κ3) is 5.31. The van der Waals surface area contributed by atoms with Crippen molar-refractivity contribution in [2.75, 3.05) is 13.2 Å². The minimum Gasteiger partial charge on any atom is -0.463 e. The summed E-state index contributed by atoms with van der Waals surface area (Å²) in [6.07, 6.45) is 7.19. The van der Waals surface area contributed by atoms with Gasteiger partial charge in [-0.1, -0.05) is 12.0 Å². The first-order valence-corrected chi connectivity index (χ1v) is 8.85. The SMILES string of the molecule is C#CCO/C(=C/N=C(C)/C(F)=C/c1ccc(F)c([C@@]2(C)N=C(N)OCC2(F)F)c1)N=C. The summed E-state index contributed by atoms with van der Waals surface area (Å²) in [5.74, 6) is -3.08. The van der Waals surface area contributed by atoms with Crippen LogP contribution in [0.1, 0.15) is 25.0 Å². The number of nitrogens with two attached hydrogens (primary N) is 1. The summed E-state index contributed by atoms with van der Waals surface area (Å²) in [5, 5.41) is 0. The summed E-state index contributed by atoms with van der Waals surface area (Å²) < 4.78 is 67.6. The highest BCUT2D eigenvalue weighted by molar-refractivity contribution is 6.00. The molecule has 1 aliphatic rings. The van der Waals surface area contributed by atoms with E-state index in [2.05, 4.69) is 32.4 Å². The maximum absolute atomic E-state index is 14.5. The number of allylic oxidation sites excluding steroid dienone is 1. The second-order valence-electron chi connectivity index (χ2n) is 6.58. The van der Waals surface area contributed by atoms with E-state index in [0.29, 0.717) is 0 Å². The van der Waals surface area contributed by atoms with Gasteiger partial charge in [-0.3, -0.25) is 4.99 Å². The van der Waals surface area contributed by atoms with Crippen molar-refractivity contribution in [1.29, 1.82) is 0 Å². The molecule has 31 heavy (non-hydrogen) atoms. The molecule has 1 aromatic carbocycles. The van der Waals surface area contributed by atoms with E-state index < -0.39 is 41.3 Å². The molecule has 6 nitrogen and oxygen atoms in total. The van der Waals surface area contributed by atoms with E-state index in [1.54, 1.807) is 0 Å². The molecule has 1 heterocycles. The number of nitrogens with zero attached hydrogens (tertiary/aromatic N) is 3. The van der Waals surface area contributed by atoms with Crippen molar-refractivity contribution in [2.45, 2.75) is 25.3 Å². The Kier molecular flexibility index (Phi) is 7.23. The molecule has 2 rings (SSSR count). The van der Waals surface area contributed by atoms with Gasteiger partial charge in [-0.2, -0.15) is 8.78 Å². The van der Waals surface area contributed by atoms with Gasteiger partial charge in [0.05, 0.1) is 11.9 Å². The highest BCUT2D eigenvalue weighted by Crippen LogP contribution is 2.44. The molecular formula is C21H20F4N4O2. The quantitative estimate of drug-likeness (QED) is 0.304. The van der Waals surface area contributed by atoms with Crippen molar-refractivity contribution >= 4 is 24.5 Å². The molecule has 0 saturated carbocycles. The van der Waals surface area contributed by atoms with Gasteiger partial charge in [-0.05, 0) is 44.3 Å². The summed E-state index contributed by atoms with van der Waals surface area (Å²) in [5.41, 5.74) is 2.66. The molecule has 1 atom stereocenters. The van der Waals surface area contributed by atoms with Crippen LogP contribution >= 0.6 is 0 Å². The lowest BCUT2D eigenvalue weighted by Gasteiger charge is -2.37. The maximum Gasteiger partial charge on any atom is 0.310 e. The second kappa shape index (κ2) is 9.47. The molecule has 10 heteroatoms. The lowest BCUT2D eigenvalue weighted by molar-refractivity contribution is -0.117. The van der Waals surface area contributed by atoms with Gasteiger partial charge in [0.25, 0.3) is 6.02 Å². The van der Waals surface area contributed by atoms with Crippen LogP contribution in [0.25, 0.3) is 6.08 Å². The second-order valence-corrected chi connectivity index (χ2v) is 6.58. The Morgan fingerprint density at radius 1 is 1.48 bits per heavy atom. The minimum atomic E-state index is -3.55. The first kappa shape index (κ1) is 23.7. The molecule has 0 spiro atoms. The number of ether oxygens (including phenoxy) is 2. The molecule has 0 bridgehead atoms. The summed E-state index contributed by atoms with van der Waals surface area (Å²) >= 11 is 0. The van der Waals surface area contributed by atoms with Gasteiger partial charge in [0, 0.05) is 5.56 Å². The van der Waals surface area contributed by atoms with Crippen molar-refractivity contribution in [3.05, 3.63) is 53.1 Å². The number of terminal acetylenes is 1. The van der Waals surface area contributed by atoms with E-state index in [4.69, 9.17) is 16.9 Å². The summed E-state index contributed by atoms with van der Waals surface area (Å²) in [6, 6.07) is 2.74. The van der Waals surface area contributed by atoms with Gasteiger partial charge in [0.2, 0.25) is 5.88 Å². The van der Waals surface area contributed by atoms with Crippen LogP contribution < -0.4 is 5.73 Å². The fraction of sp³-hybridized carbons (Fsp3) is 0.286. The average molecular weight is 436 g/mol. The van der Waals surface area contributed by atoms with Crippen molar-refractivity contribution in [3.63, 3.8) is 0 Å². The number of benzene rings is 1. The number of amidine groups is 1. The van der Waals surface area contributed by atoms with Crippen molar-refractivity contribution in [2.24, 2.45) is 20.7 Å². The van der Waals surface area contributed by atoms with E-state index in [1.165, 1.54) is 13.0 Å². The maximum atomic E-state index is 14.5. The number of hydrogen-bond acceptors (Lipinski definition) is 6. The molecule has 0 radical (unpaired) electrons. The van der Waals surface area contributed by atoms with Crippen molar-refractivity contribution in [3.8, 4) is 12.3 Å². The molecule has 164 valence electrons. The Morgan fingerprint density at radius 3 is 2.84 bits per heavy atom. The van der Waals surface area contributed by atoms with Gasteiger partial charge in [-0.25, -0.2) is 18.8 Å². The molecule has 2 N–H and O–H groups in total. The molecule has 0 aliphatic carbocycles. The first-order chi connectivity index (χ1) is 14.5. The minimum absolute atomic E-state index is 0.0145. The fourth-order valence-corrected chi connectivity index (χ4v) is 2.61. The lowest BCUT2D eigenvalue weighted by atomic mass is 9.84. The highest BCUT2D eigenvalue weighted by Gasteiger charge is 2.56. The molecule has 1 aliphatic heterocycles. The van der Waals surface area contributed by atoms with Crippen LogP contribution in [0.5, 0.6) is 0 Å². The average Bonchev–Trinajstić information content (AvgIpc) is 2.72. The molecule has 0 amide bonds. The number of alkyl halides is 2. The van der Waals surface area contributed by atoms with Crippen LogP contribution in [-0.4, -0.2) is 37.6 Å². The van der Waals surface area contributed by atoms with E-state index in [-0.39, 0.29) is 23.8 Å². The van der Waals surface area contributed by atoms with E-state index in [9.17, 15) is 17.6 Å². The summed E-state index contributed by atoms with van der Waals surface area (Å²) in [6.45, 7) is 4.53. The molecule has 0 saturated heterocycles. The van der Waals surface area contributed by atoms with Gasteiger partial charge >= 0.3 is 5.92 Å². The molecule has 0 unspecified atom stereocenters. The van der Waals surface area contributed by atoms with Crippen LogP contribution in [0.2, 0.25) is 0 Å². The first-order valence-electron chi connectivity index (χ1n) is 8.85. The number of hydrogen-bond donors (Lipinski definition) is 1. The van der Waals surface area contributed by atoms with Crippen LogP contribution in [0, 0.1) is 18.2 Å². The van der Waals surface area contributed by atoms with E-state index in [0.717, 1.165) is 31.3 Å². The lowest BCUT2D eigenvalue weighted by Crippen LogP contribution is -2.51. The number of rotatable bonds is 7. The van der Waals surface area contributed by atoms with E-state index in [1.807, 2.05) is 0 Å². The Hall–Kier alpha value is -3.61. The normalized spacial score (nSPS) is 21.6. The van der Waals surface area contributed by atoms with Gasteiger partial charge < -0.3 is 15.2 Å². The predicted octanol–water partition coefficient (Wildman–Crippen LogP) is 3.94. The smallest absolute Gasteiger partial charge is 0.310 e. The Balaban J connectivity index is 2.41. The zero-order valence-electron chi connectivity index (χ0n) is 16.8. The Morgan fingerprint density at radius 2 is 2.19 bits per heavy atom. The third-order valence-corrected chi connectivity index (χ3v) is 4.43. The van der Waals surface area contributed by atoms with E-state index >= 15 is 0 Å². The highest BCUT2D eigenvalue weighted by atomic mass is 19.3. The predicted molar refractivity (Wildman–Crippen MR) is 111 cm³/mol. The summed E-state index contributed by atoms with van der Waals surface area (Å²) in [4.78, 5) is 11.0. The van der Waals surface area contributed by atoms with Crippen LogP contribution in [0.15, 0.2) is 51.1 Å². The number of halogens is 4. The van der Waals surface area contributed by atoms with Gasteiger partial charge in [-0.15, -0.1) is 6.42 Å².